The summed E-state index contributed by atoms with van der Waals surface area (Å²) in [5.41, 5.74) is 4.00. The van der Waals surface area contributed by atoms with Gasteiger partial charge in [0.1, 0.15) is 5.75 Å². The molecule has 5 heterocycles. The van der Waals surface area contributed by atoms with Crippen LogP contribution in [0.15, 0.2) is 54.9 Å². The molecule has 7 heteroatoms. The number of nitrogens with zero attached hydrogens (tertiary/aromatic N) is 4. The van der Waals surface area contributed by atoms with E-state index in [1.165, 1.54) is 12.1 Å². The zero-order valence-corrected chi connectivity index (χ0v) is 22.1. The van der Waals surface area contributed by atoms with Crippen molar-refractivity contribution in [2.24, 2.45) is 5.92 Å². The maximum atomic E-state index is 12.7. The first-order valence-electron chi connectivity index (χ1n) is 13.5. The van der Waals surface area contributed by atoms with Crippen LogP contribution in [-0.4, -0.2) is 58.5 Å². The fraction of sp³-hybridized carbons (Fsp3) is 0.467. The van der Waals surface area contributed by atoms with Gasteiger partial charge in [-0.25, -0.2) is 9.97 Å². The zero-order chi connectivity index (χ0) is 25.8. The number of aromatic nitrogens is 3. The minimum Gasteiger partial charge on any atom is -0.497 e. The molecule has 1 N–H and O–H groups in total. The van der Waals surface area contributed by atoms with Gasteiger partial charge in [0.15, 0.2) is 5.82 Å². The number of rotatable bonds is 9. The van der Waals surface area contributed by atoms with Crippen molar-refractivity contribution in [2.75, 3.05) is 26.7 Å². The molecular weight excluding hydrogens is 462 g/mol. The summed E-state index contributed by atoms with van der Waals surface area (Å²) in [5.74, 6) is 2.91. The van der Waals surface area contributed by atoms with Crippen LogP contribution in [0.3, 0.4) is 0 Å². The Morgan fingerprint density at radius 3 is 2.51 bits per heavy atom. The molecule has 2 bridgehead atoms. The van der Waals surface area contributed by atoms with Crippen LogP contribution < -0.4 is 10.1 Å². The molecule has 3 saturated heterocycles. The number of pyridine rings is 1. The molecule has 194 valence electrons. The number of piperidine rings is 3. The summed E-state index contributed by atoms with van der Waals surface area (Å²) in [7, 11) is 1.63. The lowest BCUT2D eigenvalue weighted by atomic mass is 9.74. The number of carbonyl (C=O) groups is 1. The van der Waals surface area contributed by atoms with E-state index in [2.05, 4.69) is 35.1 Å². The van der Waals surface area contributed by atoms with Gasteiger partial charge in [-0.05, 0) is 80.6 Å². The van der Waals surface area contributed by atoms with E-state index < -0.39 is 0 Å². The number of methoxy groups -OCH3 is 1. The second-order valence-electron chi connectivity index (χ2n) is 10.3. The Morgan fingerprint density at radius 1 is 1.11 bits per heavy atom. The van der Waals surface area contributed by atoms with Crippen molar-refractivity contribution >= 4 is 5.91 Å². The van der Waals surface area contributed by atoms with Crippen molar-refractivity contribution in [2.45, 2.75) is 57.4 Å². The van der Waals surface area contributed by atoms with Crippen LogP contribution in [-0.2, 0) is 0 Å². The van der Waals surface area contributed by atoms with E-state index in [0.717, 1.165) is 55.2 Å². The number of hydrogen-bond donors (Lipinski definition) is 1. The predicted molar refractivity (Wildman–Crippen MR) is 145 cm³/mol. The predicted octanol–water partition coefficient (Wildman–Crippen LogP) is 5.06. The first-order chi connectivity index (χ1) is 18.1. The molecule has 0 aliphatic carbocycles. The summed E-state index contributed by atoms with van der Waals surface area (Å²) in [6.45, 7) is 7.19. The second kappa shape index (κ2) is 11.4. The van der Waals surface area contributed by atoms with E-state index in [-0.39, 0.29) is 5.91 Å². The van der Waals surface area contributed by atoms with Gasteiger partial charge in [0.25, 0.3) is 5.91 Å². The van der Waals surface area contributed by atoms with Crippen molar-refractivity contribution in [1.82, 2.24) is 25.2 Å². The highest BCUT2D eigenvalue weighted by molar-refractivity contribution is 5.94. The van der Waals surface area contributed by atoms with Crippen LogP contribution in [0.5, 0.6) is 5.75 Å². The molecule has 37 heavy (non-hydrogen) atoms. The molecule has 0 radical (unpaired) electrons. The molecule has 6 rings (SSSR count). The molecule has 2 aromatic heterocycles. The monoisotopic (exact) mass is 499 g/mol. The highest BCUT2D eigenvalue weighted by Crippen LogP contribution is 2.42. The first kappa shape index (κ1) is 25.3. The Balaban J connectivity index is 1.31. The molecule has 1 aromatic carbocycles. The van der Waals surface area contributed by atoms with Gasteiger partial charge in [-0.15, -0.1) is 0 Å². The number of fused-ring (bicyclic) bond motifs is 3. The van der Waals surface area contributed by atoms with Crippen molar-refractivity contribution in [1.29, 1.82) is 0 Å². The van der Waals surface area contributed by atoms with Gasteiger partial charge in [-0.2, -0.15) is 0 Å². The van der Waals surface area contributed by atoms with Crippen LogP contribution in [0.25, 0.3) is 11.4 Å². The summed E-state index contributed by atoms with van der Waals surface area (Å²) in [6, 6.07) is 13.9. The Morgan fingerprint density at radius 2 is 1.86 bits per heavy atom. The largest absolute Gasteiger partial charge is 0.497 e. The third kappa shape index (κ3) is 5.52. The minimum absolute atomic E-state index is 0.0329. The summed E-state index contributed by atoms with van der Waals surface area (Å²) in [4.78, 5) is 29.5. The number of hydrogen-bond acceptors (Lipinski definition) is 6. The van der Waals surface area contributed by atoms with Crippen molar-refractivity contribution in [3.8, 4) is 17.1 Å². The fourth-order valence-electron chi connectivity index (χ4n) is 5.96. The van der Waals surface area contributed by atoms with E-state index in [1.54, 1.807) is 19.5 Å². The second-order valence-corrected chi connectivity index (χ2v) is 10.3. The van der Waals surface area contributed by atoms with Crippen molar-refractivity contribution < 1.29 is 9.53 Å². The summed E-state index contributed by atoms with van der Waals surface area (Å²) in [5, 5.41) is 3.16. The van der Waals surface area contributed by atoms with Crippen LogP contribution in [0.4, 0.5) is 0 Å². The molecule has 0 saturated carbocycles. The molecule has 4 atom stereocenters. The molecule has 3 fully saturated rings. The topological polar surface area (TPSA) is 80.2 Å². The van der Waals surface area contributed by atoms with E-state index in [1.807, 2.05) is 36.4 Å². The lowest BCUT2D eigenvalue weighted by Crippen LogP contribution is -2.56. The van der Waals surface area contributed by atoms with Gasteiger partial charge < -0.3 is 10.1 Å². The number of carbonyl (C=O) groups excluding carboxylic acids is 1. The fourth-order valence-corrected chi connectivity index (χ4v) is 5.96. The van der Waals surface area contributed by atoms with Crippen LogP contribution in [0.1, 0.15) is 73.1 Å². The summed E-state index contributed by atoms with van der Waals surface area (Å²) in [6.07, 6.45) is 7.99. The van der Waals surface area contributed by atoms with Gasteiger partial charge in [-0.3, -0.25) is 14.7 Å². The van der Waals surface area contributed by atoms with Gasteiger partial charge in [0, 0.05) is 65.9 Å². The molecule has 3 aliphatic heterocycles. The van der Waals surface area contributed by atoms with Gasteiger partial charge in [-0.1, -0.05) is 13.8 Å². The van der Waals surface area contributed by atoms with E-state index in [9.17, 15) is 4.79 Å². The highest BCUT2D eigenvalue weighted by Gasteiger charge is 2.41. The van der Waals surface area contributed by atoms with Crippen molar-refractivity contribution in [3.63, 3.8) is 0 Å². The summed E-state index contributed by atoms with van der Waals surface area (Å²) >= 11 is 0. The average Bonchev–Trinajstić information content (AvgIpc) is 2.97. The van der Waals surface area contributed by atoms with Gasteiger partial charge in [0.05, 0.1) is 7.11 Å². The first-order valence-corrected chi connectivity index (χ1v) is 13.5. The Hall–Kier alpha value is -3.32. The highest BCUT2D eigenvalue weighted by atomic mass is 16.5. The van der Waals surface area contributed by atoms with E-state index in [0.29, 0.717) is 35.9 Å². The summed E-state index contributed by atoms with van der Waals surface area (Å²) < 4.78 is 5.20. The van der Waals surface area contributed by atoms with Gasteiger partial charge >= 0.3 is 0 Å². The molecular formula is C30H37N5O2. The Kier molecular flexibility index (Phi) is 7.79. The van der Waals surface area contributed by atoms with Crippen LogP contribution in [0, 0.1) is 5.92 Å². The lowest BCUT2D eigenvalue weighted by Gasteiger charge is -2.49. The van der Waals surface area contributed by atoms with E-state index in [4.69, 9.17) is 14.7 Å². The average molecular weight is 500 g/mol. The van der Waals surface area contributed by atoms with Crippen LogP contribution in [0.2, 0.25) is 0 Å². The number of benzene rings is 1. The maximum absolute atomic E-state index is 12.7. The number of ether oxygens (including phenoxy) is 1. The third-order valence-corrected chi connectivity index (χ3v) is 8.22. The smallest absolute Gasteiger partial charge is 0.251 e. The van der Waals surface area contributed by atoms with Crippen molar-refractivity contribution in [3.05, 3.63) is 71.8 Å². The quantitative estimate of drug-likeness (QED) is 0.443. The van der Waals surface area contributed by atoms with Crippen LogP contribution >= 0.6 is 0 Å². The SMILES string of the molecule is CCC(CC)c1cc([C@@H]2CN3CC[C@H]2C[C@@H]3CNC(=O)c2ccc(OC)cc2)nc(-c2ccncc2)n1. The van der Waals surface area contributed by atoms with E-state index >= 15 is 0 Å². The molecule has 3 aliphatic rings. The molecule has 1 amide bonds. The maximum Gasteiger partial charge on any atom is 0.251 e. The molecule has 3 aromatic rings. The van der Waals surface area contributed by atoms with Gasteiger partial charge in [0.2, 0.25) is 0 Å². The minimum atomic E-state index is -0.0329. The molecule has 1 unspecified atom stereocenters. The molecule has 7 nitrogen and oxygen atoms in total. The zero-order valence-electron chi connectivity index (χ0n) is 22.1. The number of nitrogens with one attached hydrogen (secondary N) is 1. The molecule has 0 spiro atoms. The number of amides is 1. The normalized spacial score (nSPS) is 22.7. The third-order valence-electron chi connectivity index (χ3n) is 8.22. The lowest BCUT2D eigenvalue weighted by molar-refractivity contribution is 0.0290. The Bertz CT molecular complexity index is 1200. The standard InChI is InChI=1S/C30H37N5O2/c1-4-20(5-2)27-17-28(34-29(33-27)21-10-13-31-14-11-21)26-19-35-15-12-23(26)16-24(35)18-32-30(36)22-6-8-25(37-3)9-7-22/h6-11,13-14,17,20,23-24,26H,4-5,12,15-16,18-19H2,1-3H3,(H,32,36)/t23-,24+,26+/m0/s1. The Labute approximate surface area is 219 Å².